The maximum atomic E-state index is 10.8. The standard InChI is InChI=1S/C8H11N3O/c1-3-7(12)11-6(2)8-9-4-5-10-8/h3-6H,1H2,2H3,(H,9,10)(H,11,12). The number of nitrogens with zero attached hydrogens (tertiary/aromatic N) is 1. The van der Waals surface area contributed by atoms with Gasteiger partial charge in [0.1, 0.15) is 5.82 Å². The minimum Gasteiger partial charge on any atom is -0.347 e. The molecule has 1 amide bonds. The Morgan fingerprint density at radius 3 is 3.17 bits per heavy atom. The first-order valence-electron chi connectivity index (χ1n) is 3.66. The van der Waals surface area contributed by atoms with Gasteiger partial charge in [0, 0.05) is 12.4 Å². The average Bonchev–Trinajstić information content (AvgIpc) is 2.56. The molecule has 1 rings (SSSR count). The van der Waals surface area contributed by atoms with Crippen molar-refractivity contribution in [1.82, 2.24) is 15.3 Å². The van der Waals surface area contributed by atoms with E-state index in [1.807, 2.05) is 6.92 Å². The minimum atomic E-state index is -0.195. The summed E-state index contributed by atoms with van der Waals surface area (Å²) >= 11 is 0. The summed E-state index contributed by atoms with van der Waals surface area (Å²) in [4.78, 5) is 17.8. The average molecular weight is 165 g/mol. The number of hydrogen-bond acceptors (Lipinski definition) is 2. The molecule has 0 spiro atoms. The van der Waals surface area contributed by atoms with Gasteiger partial charge in [-0.1, -0.05) is 6.58 Å². The van der Waals surface area contributed by atoms with Crippen molar-refractivity contribution >= 4 is 5.91 Å². The Balaban J connectivity index is 2.55. The molecule has 0 aliphatic carbocycles. The van der Waals surface area contributed by atoms with Crippen molar-refractivity contribution in [3.8, 4) is 0 Å². The van der Waals surface area contributed by atoms with Crippen LogP contribution in [0.1, 0.15) is 18.8 Å². The van der Waals surface area contributed by atoms with E-state index in [2.05, 4.69) is 21.9 Å². The molecular weight excluding hydrogens is 154 g/mol. The molecule has 0 fully saturated rings. The van der Waals surface area contributed by atoms with Gasteiger partial charge < -0.3 is 10.3 Å². The van der Waals surface area contributed by atoms with Gasteiger partial charge in [-0.15, -0.1) is 0 Å². The molecule has 1 aromatic heterocycles. The molecule has 0 radical (unpaired) electrons. The largest absolute Gasteiger partial charge is 0.347 e. The van der Waals surface area contributed by atoms with E-state index in [9.17, 15) is 4.79 Å². The van der Waals surface area contributed by atoms with Crippen LogP contribution in [0.25, 0.3) is 0 Å². The van der Waals surface area contributed by atoms with Crippen LogP contribution < -0.4 is 5.32 Å². The zero-order valence-electron chi connectivity index (χ0n) is 6.87. The van der Waals surface area contributed by atoms with Gasteiger partial charge in [-0.25, -0.2) is 4.98 Å². The maximum absolute atomic E-state index is 10.8. The number of H-pyrrole nitrogens is 1. The van der Waals surface area contributed by atoms with Crippen LogP contribution in [0, 0.1) is 0 Å². The van der Waals surface area contributed by atoms with E-state index in [-0.39, 0.29) is 11.9 Å². The number of imidazole rings is 1. The normalized spacial score (nSPS) is 12.1. The smallest absolute Gasteiger partial charge is 0.243 e. The van der Waals surface area contributed by atoms with Crippen LogP contribution in [0.2, 0.25) is 0 Å². The third-order valence-electron chi connectivity index (χ3n) is 1.47. The van der Waals surface area contributed by atoms with Crippen molar-refractivity contribution in [2.75, 3.05) is 0 Å². The Labute approximate surface area is 70.7 Å². The van der Waals surface area contributed by atoms with E-state index in [0.717, 1.165) is 5.82 Å². The van der Waals surface area contributed by atoms with Crippen molar-refractivity contribution in [3.05, 3.63) is 30.9 Å². The molecule has 0 saturated heterocycles. The highest BCUT2D eigenvalue weighted by molar-refractivity contribution is 5.87. The van der Waals surface area contributed by atoms with Gasteiger partial charge in [0.05, 0.1) is 6.04 Å². The Kier molecular flexibility index (Phi) is 2.63. The van der Waals surface area contributed by atoms with Gasteiger partial charge >= 0.3 is 0 Å². The summed E-state index contributed by atoms with van der Waals surface area (Å²) in [6.45, 7) is 5.20. The predicted molar refractivity (Wildman–Crippen MR) is 45.3 cm³/mol. The highest BCUT2D eigenvalue weighted by atomic mass is 16.1. The Hall–Kier alpha value is -1.58. The molecule has 64 valence electrons. The third kappa shape index (κ3) is 1.95. The predicted octanol–water partition coefficient (Wildman–Crippen LogP) is 0.773. The van der Waals surface area contributed by atoms with E-state index >= 15 is 0 Å². The Morgan fingerprint density at radius 1 is 1.92 bits per heavy atom. The lowest BCUT2D eigenvalue weighted by atomic mass is 10.3. The molecule has 0 aliphatic heterocycles. The molecule has 4 nitrogen and oxygen atoms in total. The summed E-state index contributed by atoms with van der Waals surface area (Å²) in [5.74, 6) is 0.545. The quantitative estimate of drug-likeness (QED) is 0.650. The highest BCUT2D eigenvalue weighted by Crippen LogP contribution is 2.04. The van der Waals surface area contributed by atoms with Crippen molar-refractivity contribution in [2.45, 2.75) is 13.0 Å². The molecule has 4 heteroatoms. The number of aromatic nitrogens is 2. The van der Waals surface area contributed by atoms with Gasteiger partial charge in [0.25, 0.3) is 0 Å². The minimum absolute atomic E-state index is 0.106. The SMILES string of the molecule is C=CC(=O)NC(C)c1ncc[nH]1. The van der Waals surface area contributed by atoms with Gasteiger partial charge in [-0.3, -0.25) is 4.79 Å². The van der Waals surface area contributed by atoms with Gasteiger partial charge in [0.15, 0.2) is 0 Å². The van der Waals surface area contributed by atoms with Crippen molar-refractivity contribution in [2.24, 2.45) is 0 Å². The molecule has 0 bridgehead atoms. The van der Waals surface area contributed by atoms with Crippen LogP contribution in [0.3, 0.4) is 0 Å². The maximum Gasteiger partial charge on any atom is 0.243 e. The second kappa shape index (κ2) is 3.71. The summed E-state index contributed by atoms with van der Waals surface area (Å²) in [6, 6.07) is -0.106. The van der Waals surface area contributed by atoms with Crippen LogP contribution in [-0.2, 0) is 4.79 Å². The fraction of sp³-hybridized carbons (Fsp3) is 0.250. The molecule has 0 aliphatic rings. The topological polar surface area (TPSA) is 57.8 Å². The molecule has 12 heavy (non-hydrogen) atoms. The van der Waals surface area contributed by atoms with Crippen molar-refractivity contribution < 1.29 is 4.79 Å². The summed E-state index contributed by atoms with van der Waals surface area (Å²) in [7, 11) is 0. The first-order chi connectivity index (χ1) is 5.74. The lowest BCUT2D eigenvalue weighted by molar-refractivity contribution is -0.117. The van der Waals surface area contributed by atoms with E-state index < -0.39 is 0 Å². The number of hydrogen-bond donors (Lipinski definition) is 2. The van der Waals surface area contributed by atoms with Gasteiger partial charge in [-0.2, -0.15) is 0 Å². The zero-order chi connectivity index (χ0) is 8.97. The van der Waals surface area contributed by atoms with E-state index in [1.165, 1.54) is 6.08 Å². The van der Waals surface area contributed by atoms with E-state index in [4.69, 9.17) is 0 Å². The summed E-state index contributed by atoms with van der Waals surface area (Å²) < 4.78 is 0. The number of amides is 1. The zero-order valence-corrected chi connectivity index (χ0v) is 6.87. The first kappa shape index (κ1) is 8.52. The van der Waals surface area contributed by atoms with Crippen molar-refractivity contribution in [3.63, 3.8) is 0 Å². The van der Waals surface area contributed by atoms with Crippen LogP contribution >= 0.6 is 0 Å². The number of rotatable bonds is 3. The highest BCUT2D eigenvalue weighted by Gasteiger charge is 2.07. The number of nitrogens with one attached hydrogen (secondary N) is 2. The van der Waals surface area contributed by atoms with Crippen LogP contribution in [0.15, 0.2) is 25.0 Å². The number of carbonyl (C=O) groups is 1. The molecule has 0 aromatic carbocycles. The third-order valence-corrected chi connectivity index (χ3v) is 1.47. The molecular formula is C8H11N3O. The monoisotopic (exact) mass is 165 g/mol. The fourth-order valence-electron chi connectivity index (χ4n) is 0.855. The van der Waals surface area contributed by atoms with Crippen LogP contribution in [0.5, 0.6) is 0 Å². The first-order valence-corrected chi connectivity index (χ1v) is 3.66. The van der Waals surface area contributed by atoms with Gasteiger partial charge in [0.2, 0.25) is 5.91 Å². The van der Waals surface area contributed by atoms with E-state index in [1.54, 1.807) is 12.4 Å². The van der Waals surface area contributed by atoms with Crippen LogP contribution in [0.4, 0.5) is 0 Å². The van der Waals surface area contributed by atoms with Crippen LogP contribution in [-0.4, -0.2) is 15.9 Å². The molecule has 1 aromatic rings. The lowest BCUT2D eigenvalue weighted by Crippen LogP contribution is -2.25. The number of carbonyl (C=O) groups excluding carboxylic acids is 1. The van der Waals surface area contributed by atoms with E-state index in [0.29, 0.717) is 0 Å². The molecule has 2 N–H and O–H groups in total. The summed E-state index contributed by atoms with van der Waals surface area (Å²) in [5.41, 5.74) is 0. The second-order valence-corrected chi connectivity index (χ2v) is 2.41. The molecule has 1 atom stereocenters. The molecule has 0 saturated carbocycles. The van der Waals surface area contributed by atoms with Crippen molar-refractivity contribution in [1.29, 1.82) is 0 Å². The fourth-order valence-corrected chi connectivity index (χ4v) is 0.855. The summed E-state index contributed by atoms with van der Waals surface area (Å²) in [6.07, 6.45) is 4.59. The Bertz CT molecular complexity index is 266. The number of aromatic amines is 1. The second-order valence-electron chi connectivity index (χ2n) is 2.41. The Morgan fingerprint density at radius 2 is 2.67 bits per heavy atom. The lowest BCUT2D eigenvalue weighted by Gasteiger charge is -2.08. The van der Waals surface area contributed by atoms with Gasteiger partial charge in [-0.05, 0) is 13.0 Å². The molecule has 1 unspecified atom stereocenters. The summed E-state index contributed by atoms with van der Waals surface area (Å²) in [5, 5.41) is 2.68. The molecule has 1 heterocycles.